The van der Waals surface area contributed by atoms with Crippen molar-refractivity contribution in [3.8, 4) is 0 Å². The van der Waals surface area contributed by atoms with Gasteiger partial charge in [-0.15, -0.1) is 0 Å². The van der Waals surface area contributed by atoms with Crippen LogP contribution in [-0.2, 0) is 0 Å². The second kappa shape index (κ2) is 4.79. The highest BCUT2D eigenvalue weighted by molar-refractivity contribution is 7.80. The first kappa shape index (κ1) is 9.95. The number of rotatable bonds is 3. The molecule has 0 radical (unpaired) electrons. The van der Waals surface area contributed by atoms with E-state index in [1.54, 1.807) is 0 Å². The molecule has 1 aromatic carbocycles. The first-order valence-corrected chi connectivity index (χ1v) is 4.47. The third kappa shape index (κ3) is 3.40. The molecule has 0 fully saturated rings. The van der Waals surface area contributed by atoms with Gasteiger partial charge in [0.05, 0.1) is 0 Å². The SMILES string of the molecule is CC(NNC(N)=S)c1ccccc1. The summed E-state index contributed by atoms with van der Waals surface area (Å²) in [5.74, 6) is 0. The van der Waals surface area contributed by atoms with Gasteiger partial charge >= 0.3 is 0 Å². The van der Waals surface area contributed by atoms with Gasteiger partial charge in [0, 0.05) is 6.04 Å². The maximum Gasteiger partial charge on any atom is 0.178 e. The fraction of sp³-hybridized carbons (Fsp3) is 0.222. The molecular formula is C9H13N3S. The summed E-state index contributed by atoms with van der Waals surface area (Å²) in [5, 5.41) is 0.253. The van der Waals surface area contributed by atoms with Gasteiger partial charge in [-0.3, -0.25) is 5.43 Å². The Morgan fingerprint density at radius 3 is 2.54 bits per heavy atom. The lowest BCUT2D eigenvalue weighted by Crippen LogP contribution is -2.42. The van der Waals surface area contributed by atoms with Crippen LogP contribution in [0.1, 0.15) is 18.5 Å². The summed E-state index contributed by atoms with van der Waals surface area (Å²) in [5.41, 5.74) is 12.1. The molecule has 0 saturated carbocycles. The van der Waals surface area contributed by atoms with Crippen LogP contribution >= 0.6 is 12.2 Å². The van der Waals surface area contributed by atoms with Crippen LogP contribution in [0.25, 0.3) is 0 Å². The van der Waals surface area contributed by atoms with E-state index >= 15 is 0 Å². The van der Waals surface area contributed by atoms with Gasteiger partial charge in [-0.1, -0.05) is 30.3 Å². The lowest BCUT2D eigenvalue weighted by molar-refractivity contribution is 0.546. The summed E-state index contributed by atoms with van der Waals surface area (Å²) in [4.78, 5) is 0. The zero-order chi connectivity index (χ0) is 9.68. The van der Waals surface area contributed by atoms with Gasteiger partial charge in [0.1, 0.15) is 0 Å². The first-order chi connectivity index (χ1) is 6.20. The molecule has 1 atom stereocenters. The largest absolute Gasteiger partial charge is 0.375 e. The minimum Gasteiger partial charge on any atom is -0.375 e. The average molecular weight is 195 g/mol. The molecule has 13 heavy (non-hydrogen) atoms. The molecule has 1 rings (SSSR count). The first-order valence-electron chi connectivity index (χ1n) is 4.06. The minimum absolute atomic E-state index is 0.183. The van der Waals surface area contributed by atoms with Crippen molar-refractivity contribution in [2.75, 3.05) is 0 Å². The van der Waals surface area contributed by atoms with Gasteiger partial charge in [-0.2, -0.15) is 0 Å². The van der Waals surface area contributed by atoms with Crippen LogP contribution in [0.15, 0.2) is 30.3 Å². The molecule has 0 aliphatic carbocycles. The van der Waals surface area contributed by atoms with E-state index in [4.69, 9.17) is 5.73 Å². The Balaban J connectivity index is 2.49. The van der Waals surface area contributed by atoms with Crippen molar-refractivity contribution >= 4 is 17.3 Å². The molecule has 0 aliphatic heterocycles. The van der Waals surface area contributed by atoms with E-state index < -0.39 is 0 Å². The molecule has 3 nitrogen and oxygen atoms in total. The van der Waals surface area contributed by atoms with Gasteiger partial charge in [-0.25, -0.2) is 5.43 Å². The Morgan fingerprint density at radius 2 is 2.00 bits per heavy atom. The predicted molar refractivity (Wildman–Crippen MR) is 57.9 cm³/mol. The van der Waals surface area contributed by atoms with Gasteiger partial charge in [0.25, 0.3) is 0 Å². The summed E-state index contributed by atoms with van der Waals surface area (Å²) in [6.45, 7) is 2.03. The van der Waals surface area contributed by atoms with Crippen LogP contribution in [0.4, 0.5) is 0 Å². The van der Waals surface area contributed by atoms with Crippen molar-refractivity contribution in [1.29, 1.82) is 0 Å². The van der Waals surface area contributed by atoms with Crippen LogP contribution in [0.2, 0.25) is 0 Å². The zero-order valence-corrected chi connectivity index (χ0v) is 8.27. The second-order valence-corrected chi connectivity index (χ2v) is 3.21. The summed E-state index contributed by atoms with van der Waals surface area (Å²) in [6.07, 6.45) is 0. The Kier molecular flexibility index (Phi) is 3.67. The summed E-state index contributed by atoms with van der Waals surface area (Å²) in [7, 11) is 0. The third-order valence-corrected chi connectivity index (χ3v) is 1.81. The highest BCUT2D eigenvalue weighted by atomic mass is 32.1. The Bertz CT molecular complexity index is 273. The molecule has 0 amide bonds. The normalized spacial score (nSPS) is 12.1. The molecule has 1 aromatic rings. The van der Waals surface area contributed by atoms with E-state index in [-0.39, 0.29) is 11.2 Å². The van der Waals surface area contributed by atoms with Crippen molar-refractivity contribution in [2.45, 2.75) is 13.0 Å². The zero-order valence-electron chi connectivity index (χ0n) is 7.45. The van der Waals surface area contributed by atoms with Crippen molar-refractivity contribution in [3.63, 3.8) is 0 Å². The molecule has 0 saturated heterocycles. The smallest absolute Gasteiger partial charge is 0.178 e. The number of thiocarbonyl (C=S) groups is 1. The quantitative estimate of drug-likeness (QED) is 0.499. The lowest BCUT2D eigenvalue weighted by atomic mass is 10.1. The van der Waals surface area contributed by atoms with Crippen LogP contribution in [0.3, 0.4) is 0 Å². The average Bonchev–Trinajstić information content (AvgIpc) is 2.15. The summed E-state index contributed by atoms with van der Waals surface area (Å²) < 4.78 is 0. The van der Waals surface area contributed by atoms with E-state index in [2.05, 4.69) is 23.1 Å². The highest BCUT2D eigenvalue weighted by Gasteiger charge is 2.02. The van der Waals surface area contributed by atoms with Gasteiger partial charge in [0.2, 0.25) is 0 Å². The van der Waals surface area contributed by atoms with Crippen LogP contribution < -0.4 is 16.6 Å². The molecular weight excluding hydrogens is 182 g/mol. The van der Waals surface area contributed by atoms with Crippen molar-refractivity contribution in [3.05, 3.63) is 35.9 Å². The van der Waals surface area contributed by atoms with Crippen molar-refractivity contribution in [2.24, 2.45) is 5.73 Å². The molecule has 0 aromatic heterocycles. The maximum atomic E-state index is 5.28. The van der Waals surface area contributed by atoms with Gasteiger partial charge < -0.3 is 5.73 Å². The molecule has 0 bridgehead atoms. The maximum absolute atomic E-state index is 5.28. The fourth-order valence-corrected chi connectivity index (χ4v) is 1.06. The number of hydrazine groups is 1. The Labute approximate surface area is 83.3 Å². The van der Waals surface area contributed by atoms with Crippen LogP contribution in [0, 0.1) is 0 Å². The Morgan fingerprint density at radius 1 is 1.38 bits per heavy atom. The Hall–Kier alpha value is -1.13. The predicted octanol–water partition coefficient (Wildman–Crippen LogP) is 1.09. The third-order valence-electron chi connectivity index (χ3n) is 1.71. The van der Waals surface area contributed by atoms with Crippen LogP contribution in [-0.4, -0.2) is 5.11 Å². The van der Waals surface area contributed by atoms with E-state index in [0.29, 0.717) is 0 Å². The van der Waals surface area contributed by atoms with E-state index in [0.717, 1.165) is 0 Å². The molecule has 0 aliphatic rings. The van der Waals surface area contributed by atoms with Gasteiger partial charge in [0.15, 0.2) is 5.11 Å². The summed E-state index contributed by atoms with van der Waals surface area (Å²) in [6, 6.07) is 10.2. The number of nitrogens with two attached hydrogens (primary N) is 1. The van der Waals surface area contributed by atoms with E-state index in [9.17, 15) is 0 Å². The minimum atomic E-state index is 0.183. The van der Waals surface area contributed by atoms with E-state index in [1.807, 2.05) is 37.3 Å². The number of benzene rings is 1. The van der Waals surface area contributed by atoms with Crippen LogP contribution in [0.5, 0.6) is 0 Å². The van der Waals surface area contributed by atoms with E-state index in [1.165, 1.54) is 5.56 Å². The van der Waals surface area contributed by atoms with Gasteiger partial charge in [-0.05, 0) is 24.7 Å². The summed E-state index contributed by atoms with van der Waals surface area (Å²) >= 11 is 4.67. The fourth-order valence-electron chi connectivity index (χ4n) is 1.00. The molecule has 0 spiro atoms. The molecule has 1 unspecified atom stereocenters. The number of hydrogen-bond acceptors (Lipinski definition) is 2. The highest BCUT2D eigenvalue weighted by Crippen LogP contribution is 2.09. The molecule has 4 N–H and O–H groups in total. The standard InChI is InChI=1S/C9H13N3S/c1-7(11-12-9(10)13)8-5-3-2-4-6-8/h2-7,11H,1H3,(H3,10,12,13). The molecule has 70 valence electrons. The van der Waals surface area contributed by atoms with Crippen molar-refractivity contribution in [1.82, 2.24) is 10.9 Å². The molecule has 0 heterocycles. The topological polar surface area (TPSA) is 50.1 Å². The van der Waals surface area contributed by atoms with Crippen molar-refractivity contribution < 1.29 is 0 Å². The lowest BCUT2D eigenvalue weighted by Gasteiger charge is -2.14. The monoisotopic (exact) mass is 195 g/mol. The number of hydrogen-bond donors (Lipinski definition) is 3. The number of nitrogens with one attached hydrogen (secondary N) is 2. The molecule has 4 heteroatoms. The second-order valence-electron chi connectivity index (χ2n) is 2.77.